The smallest absolute Gasteiger partial charge is 0.337 e. The second kappa shape index (κ2) is 7.20. The highest BCUT2D eigenvalue weighted by atomic mass is 79.9. The van der Waals surface area contributed by atoms with Crippen molar-refractivity contribution in [3.63, 3.8) is 0 Å². The molecule has 0 unspecified atom stereocenters. The molecule has 0 aromatic heterocycles. The Morgan fingerprint density at radius 3 is 2.53 bits per heavy atom. The number of thioether (sulfide) groups is 1. The van der Waals surface area contributed by atoms with Crippen molar-refractivity contribution in [2.75, 3.05) is 18.1 Å². The standard InChI is InChI=1S/C14H20BrNO2S/c1-4-14(5-2,19-3)9-16-12-7-6-10(15)8-11(12)13(17)18/h6-8,16H,4-5,9H2,1-3H3,(H,17,18). The van der Waals surface area contributed by atoms with Gasteiger partial charge in [0.1, 0.15) is 0 Å². The molecule has 5 heteroatoms. The fraction of sp³-hybridized carbons (Fsp3) is 0.500. The molecular formula is C14H20BrNO2S. The molecule has 0 atom stereocenters. The summed E-state index contributed by atoms with van der Waals surface area (Å²) in [5, 5.41) is 12.5. The third kappa shape index (κ3) is 4.14. The Morgan fingerprint density at radius 1 is 1.42 bits per heavy atom. The lowest BCUT2D eigenvalue weighted by Gasteiger charge is -2.30. The van der Waals surface area contributed by atoms with Crippen molar-refractivity contribution in [1.29, 1.82) is 0 Å². The van der Waals surface area contributed by atoms with Crippen LogP contribution in [0.2, 0.25) is 0 Å². The van der Waals surface area contributed by atoms with Crippen LogP contribution < -0.4 is 5.32 Å². The van der Waals surface area contributed by atoms with E-state index in [-0.39, 0.29) is 4.75 Å². The molecule has 0 heterocycles. The van der Waals surface area contributed by atoms with Crippen LogP contribution in [0.3, 0.4) is 0 Å². The second-order valence-electron chi connectivity index (χ2n) is 4.44. The minimum atomic E-state index is -0.911. The molecule has 1 aromatic rings. The number of aromatic carboxylic acids is 1. The second-order valence-corrected chi connectivity index (χ2v) is 6.63. The lowest BCUT2D eigenvalue weighted by Crippen LogP contribution is -2.32. The van der Waals surface area contributed by atoms with Crippen LogP contribution >= 0.6 is 27.7 Å². The zero-order valence-corrected chi connectivity index (χ0v) is 13.9. The van der Waals surface area contributed by atoms with Gasteiger partial charge in [-0.2, -0.15) is 11.8 Å². The number of benzene rings is 1. The van der Waals surface area contributed by atoms with Crippen molar-refractivity contribution in [3.8, 4) is 0 Å². The number of halogens is 1. The van der Waals surface area contributed by atoms with E-state index in [1.807, 2.05) is 23.9 Å². The van der Waals surface area contributed by atoms with Gasteiger partial charge in [0.25, 0.3) is 0 Å². The van der Waals surface area contributed by atoms with Gasteiger partial charge in [0.05, 0.1) is 5.56 Å². The quantitative estimate of drug-likeness (QED) is 0.764. The number of carboxylic acid groups (broad SMARTS) is 1. The van der Waals surface area contributed by atoms with E-state index in [2.05, 4.69) is 41.3 Å². The van der Waals surface area contributed by atoms with Crippen molar-refractivity contribution >= 4 is 39.3 Å². The molecule has 0 radical (unpaired) electrons. The fourth-order valence-corrected chi connectivity index (χ4v) is 3.12. The summed E-state index contributed by atoms with van der Waals surface area (Å²) in [6.07, 6.45) is 4.21. The molecule has 106 valence electrons. The minimum Gasteiger partial charge on any atom is -0.478 e. The van der Waals surface area contributed by atoms with Crippen molar-refractivity contribution in [3.05, 3.63) is 28.2 Å². The largest absolute Gasteiger partial charge is 0.478 e. The number of nitrogens with one attached hydrogen (secondary N) is 1. The van der Waals surface area contributed by atoms with Crippen LogP contribution in [0.4, 0.5) is 5.69 Å². The summed E-state index contributed by atoms with van der Waals surface area (Å²) in [6.45, 7) is 5.10. The van der Waals surface area contributed by atoms with Gasteiger partial charge in [0, 0.05) is 21.5 Å². The Kier molecular flexibility index (Phi) is 6.20. The van der Waals surface area contributed by atoms with Gasteiger partial charge in [-0.15, -0.1) is 0 Å². The van der Waals surface area contributed by atoms with Crippen molar-refractivity contribution in [1.82, 2.24) is 0 Å². The predicted octanol–water partition coefficient (Wildman–Crippen LogP) is 4.48. The Labute approximate surface area is 127 Å². The van der Waals surface area contributed by atoms with Crippen molar-refractivity contribution < 1.29 is 9.90 Å². The fourth-order valence-electron chi connectivity index (χ4n) is 1.96. The molecule has 0 aliphatic carbocycles. The summed E-state index contributed by atoms with van der Waals surface area (Å²) in [4.78, 5) is 11.2. The summed E-state index contributed by atoms with van der Waals surface area (Å²) in [7, 11) is 0. The van der Waals surface area contributed by atoms with E-state index in [4.69, 9.17) is 0 Å². The van der Waals surface area contributed by atoms with E-state index in [9.17, 15) is 9.90 Å². The number of carbonyl (C=O) groups is 1. The highest BCUT2D eigenvalue weighted by Gasteiger charge is 2.25. The Bertz CT molecular complexity index is 439. The van der Waals surface area contributed by atoms with Crippen molar-refractivity contribution in [2.45, 2.75) is 31.4 Å². The van der Waals surface area contributed by atoms with E-state index in [1.54, 1.807) is 6.07 Å². The molecule has 2 N–H and O–H groups in total. The topological polar surface area (TPSA) is 49.3 Å². The lowest BCUT2D eigenvalue weighted by atomic mass is 10.0. The average Bonchev–Trinajstić information content (AvgIpc) is 2.42. The van der Waals surface area contributed by atoms with Gasteiger partial charge >= 0.3 is 5.97 Å². The number of hydrogen-bond acceptors (Lipinski definition) is 3. The Hall–Kier alpha value is -0.680. The SMILES string of the molecule is CCC(CC)(CNc1ccc(Br)cc1C(=O)O)SC. The third-order valence-corrected chi connectivity index (χ3v) is 5.62. The molecule has 0 aliphatic rings. The summed E-state index contributed by atoms with van der Waals surface area (Å²) < 4.78 is 0.931. The van der Waals surface area contributed by atoms with Crippen LogP contribution in [0.25, 0.3) is 0 Å². The molecule has 0 saturated heterocycles. The maximum atomic E-state index is 11.2. The molecule has 0 fully saturated rings. The first-order valence-corrected chi connectivity index (χ1v) is 8.31. The first-order valence-electron chi connectivity index (χ1n) is 6.30. The number of rotatable bonds is 7. The van der Waals surface area contributed by atoms with E-state index in [0.29, 0.717) is 11.3 Å². The van der Waals surface area contributed by atoms with Gasteiger partial charge in [-0.3, -0.25) is 0 Å². The summed E-state index contributed by atoms with van der Waals surface area (Å²) in [5.41, 5.74) is 0.979. The molecule has 3 nitrogen and oxygen atoms in total. The lowest BCUT2D eigenvalue weighted by molar-refractivity contribution is 0.0698. The first-order chi connectivity index (χ1) is 8.98. The van der Waals surface area contributed by atoms with Crippen LogP contribution in [-0.2, 0) is 0 Å². The van der Waals surface area contributed by atoms with Crippen molar-refractivity contribution in [2.24, 2.45) is 0 Å². The first kappa shape index (κ1) is 16.4. The highest BCUT2D eigenvalue weighted by molar-refractivity contribution is 9.10. The van der Waals surface area contributed by atoms with Gasteiger partial charge in [-0.1, -0.05) is 29.8 Å². The van der Waals surface area contributed by atoms with Gasteiger partial charge in [0.2, 0.25) is 0 Å². The Morgan fingerprint density at radius 2 is 2.05 bits per heavy atom. The predicted molar refractivity (Wildman–Crippen MR) is 86.4 cm³/mol. The van der Waals surface area contributed by atoms with E-state index < -0.39 is 5.97 Å². The molecule has 1 rings (SSSR count). The monoisotopic (exact) mass is 345 g/mol. The van der Waals surface area contributed by atoms with Gasteiger partial charge in [-0.25, -0.2) is 4.79 Å². The van der Waals surface area contributed by atoms with Gasteiger partial charge in [0.15, 0.2) is 0 Å². The normalized spacial score (nSPS) is 11.4. The third-order valence-electron chi connectivity index (χ3n) is 3.53. The summed E-state index contributed by atoms with van der Waals surface area (Å²) in [6, 6.07) is 5.29. The Balaban J connectivity index is 2.91. The average molecular weight is 346 g/mol. The minimum absolute atomic E-state index is 0.156. The maximum absolute atomic E-state index is 11.2. The molecule has 0 aliphatic heterocycles. The molecule has 0 saturated carbocycles. The number of hydrogen-bond donors (Lipinski definition) is 2. The van der Waals surface area contributed by atoms with E-state index >= 15 is 0 Å². The van der Waals surface area contributed by atoms with Gasteiger partial charge in [-0.05, 0) is 37.3 Å². The molecule has 0 bridgehead atoms. The molecule has 1 aromatic carbocycles. The molecular weight excluding hydrogens is 326 g/mol. The zero-order chi connectivity index (χ0) is 14.5. The molecule has 19 heavy (non-hydrogen) atoms. The van der Waals surface area contributed by atoms with Crippen LogP contribution in [0.5, 0.6) is 0 Å². The number of anilines is 1. The van der Waals surface area contributed by atoms with Crippen LogP contribution in [0.1, 0.15) is 37.0 Å². The van der Waals surface area contributed by atoms with Crippen LogP contribution in [0, 0.1) is 0 Å². The molecule has 0 amide bonds. The molecule has 0 spiro atoms. The van der Waals surface area contributed by atoms with E-state index in [0.717, 1.165) is 23.9 Å². The number of carboxylic acids is 1. The summed E-state index contributed by atoms with van der Waals surface area (Å²) in [5.74, 6) is -0.911. The van der Waals surface area contributed by atoms with Crippen LogP contribution in [-0.4, -0.2) is 28.6 Å². The summed E-state index contributed by atoms with van der Waals surface area (Å²) >= 11 is 5.14. The van der Waals surface area contributed by atoms with Gasteiger partial charge < -0.3 is 10.4 Å². The van der Waals surface area contributed by atoms with Crippen LogP contribution in [0.15, 0.2) is 22.7 Å². The van der Waals surface area contributed by atoms with E-state index in [1.165, 1.54) is 0 Å². The highest BCUT2D eigenvalue weighted by Crippen LogP contribution is 2.31. The zero-order valence-electron chi connectivity index (χ0n) is 11.5. The maximum Gasteiger partial charge on any atom is 0.337 e.